The smallest absolute Gasteiger partial charge is 0.379 e. The van der Waals surface area contributed by atoms with Gasteiger partial charge in [-0.15, -0.1) is 5.06 Å². The highest BCUT2D eigenvalue weighted by Crippen LogP contribution is 2.42. The van der Waals surface area contributed by atoms with Crippen LogP contribution in [0, 0.1) is 0 Å². The van der Waals surface area contributed by atoms with Crippen molar-refractivity contribution in [3.05, 3.63) is 0 Å². The highest BCUT2D eigenvalue weighted by atomic mass is 31.2. The topological polar surface area (TPSA) is 241 Å². The third kappa shape index (κ3) is 23.0. The Balaban J connectivity index is 1.82. The fraction of sp³-hybridized carbons (Fsp3) is 0.912. The normalized spacial score (nSPS) is 25.1. The lowest BCUT2D eigenvalue weighted by molar-refractivity contribution is -0.358. The van der Waals surface area contributed by atoms with Gasteiger partial charge in [-0.05, 0) is 19.8 Å². The highest BCUT2D eigenvalue weighted by Gasteiger charge is 2.44. The van der Waals surface area contributed by atoms with E-state index >= 15 is 0 Å². The summed E-state index contributed by atoms with van der Waals surface area (Å²) in [5.41, 5.74) is 2.77. The van der Waals surface area contributed by atoms with Crippen LogP contribution in [-0.4, -0.2) is 188 Å². The number of amides is 2. The third-order valence-electron chi connectivity index (χ3n) is 8.20. The number of rotatable bonds is 18. The van der Waals surface area contributed by atoms with E-state index in [1.54, 1.807) is 11.8 Å². The molecule has 0 aromatic carbocycles. The Morgan fingerprint density at radius 3 is 2.20 bits per heavy atom. The predicted octanol–water partition coefficient (Wildman–Crippen LogP) is -0.0760. The monoisotopic (exact) mass is 832 g/mol. The van der Waals surface area contributed by atoms with E-state index in [4.69, 9.17) is 47.4 Å². The number of ketones is 1. The molecule has 2 aliphatic heterocycles. The molecule has 2 saturated heterocycles. The van der Waals surface area contributed by atoms with Crippen LogP contribution in [0.5, 0.6) is 0 Å². The number of hydrogen-bond donors (Lipinski definition) is 4. The van der Waals surface area contributed by atoms with Gasteiger partial charge >= 0.3 is 7.82 Å². The summed E-state index contributed by atoms with van der Waals surface area (Å²) in [5.74, 6) is -0.452. The molecule has 5 unspecified atom stereocenters. The molecule has 0 bridgehead atoms. The van der Waals surface area contributed by atoms with Crippen molar-refractivity contribution in [2.24, 2.45) is 0 Å². The minimum absolute atomic E-state index is 0.0241. The average Bonchev–Trinajstić information content (AvgIpc) is 3.17. The molecule has 0 aromatic heterocycles. The van der Waals surface area contributed by atoms with Crippen LogP contribution in [0.3, 0.4) is 0 Å². The number of carbonyl (C=O) groups is 3. The number of hydrogen-bond acceptors (Lipinski definition) is 18. The van der Waals surface area contributed by atoms with Gasteiger partial charge in [-0.1, -0.05) is 6.92 Å². The molecular weight excluding hydrogens is 767 g/mol. The SMILES string of the molecule is CCCOCCOCCOCCOCCC(=O)N1CCCC(=O)CCOCCON2C(O)C(COP(=O)(O)OC)OC(C)C2NOCCOCCC(=O)NCC1. The number of Topliss-reactive ketones (excluding diaryl/α,β-unsaturated/α-hetero) is 1. The van der Waals surface area contributed by atoms with Crippen LogP contribution in [0.25, 0.3) is 0 Å². The fourth-order valence-electron chi connectivity index (χ4n) is 5.20. The van der Waals surface area contributed by atoms with Crippen molar-refractivity contribution in [2.75, 3.05) is 126 Å². The molecule has 5 atom stereocenters. The van der Waals surface area contributed by atoms with Gasteiger partial charge in [-0.3, -0.25) is 33.1 Å². The lowest BCUT2D eigenvalue weighted by Crippen LogP contribution is -2.65. The van der Waals surface area contributed by atoms with Crippen LogP contribution in [0.1, 0.15) is 52.4 Å². The van der Waals surface area contributed by atoms with Gasteiger partial charge in [0.05, 0.1) is 105 Å². The molecule has 2 fully saturated rings. The van der Waals surface area contributed by atoms with Crippen molar-refractivity contribution in [3.63, 3.8) is 0 Å². The Labute approximate surface area is 329 Å². The number of nitrogens with zero attached hydrogens (tertiary/aromatic N) is 2. The molecule has 328 valence electrons. The quantitative estimate of drug-likeness (QED) is 0.104. The molecule has 2 amide bonds. The number of phosphoric acid groups is 1. The van der Waals surface area contributed by atoms with E-state index in [2.05, 4.69) is 15.3 Å². The maximum Gasteiger partial charge on any atom is 0.472 e. The van der Waals surface area contributed by atoms with Crippen LogP contribution in [0.2, 0.25) is 0 Å². The van der Waals surface area contributed by atoms with Crippen molar-refractivity contribution in [1.82, 2.24) is 20.8 Å². The van der Waals surface area contributed by atoms with Crippen molar-refractivity contribution >= 4 is 25.4 Å². The van der Waals surface area contributed by atoms with Gasteiger partial charge in [0.25, 0.3) is 0 Å². The minimum Gasteiger partial charge on any atom is -0.379 e. The second-order valence-electron chi connectivity index (χ2n) is 12.6. The van der Waals surface area contributed by atoms with Crippen LogP contribution in [-0.2, 0) is 70.8 Å². The molecule has 0 aliphatic carbocycles. The third-order valence-corrected chi connectivity index (χ3v) is 9.14. The summed E-state index contributed by atoms with van der Waals surface area (Å²) in [7, 11) is -3.33. The lowest BCUT2D eigenvalue weighted by atomic mass is 10.1. The summed E-state index contributed by atoms with van der Waals surface area (Å²) in [4.78, 5) is 60.7. The number of ether oxygens (including phenoxy) is 7. The summed E-state index contributed by atoms with van der Waals surface area (Å²) in [5, 5.41) is 15.0. The van der Waals surface area contributed by atoms with E-state index in [9.17, 15) is 28.9 Å². The van der Waals surface area contributed by atoms with Gasteiger partial charge in [-0.2, -0.15) is 5.48 Å². The first-order valence-corrected chi connectivity index (χ1v) is 20.7. The molecule has 4 N–H and O–H groups in total. The Morgan fingerprint density at radius 1 is 0.875 bits per heavy atom. The number of aliphatic hydroxyl groups excluding tert-OH is 1. The predicted molar refractivity (Wildman–Crippen MR) is 197 cm³/mol. The fourth-order valence-corrected chi connectivity index (χ4v) is 5.64. The maximum atomic E-state index is 13.1. The zero-order valence-electron chi connectivity index (χ0n) is 33.1. The van der Waals surface area contributed by atoms with E-state index in [-0.39, 0.29) is 103 Å². The van der Waals surface area contributed by atoms with Gasteiger partial charge in [0.15, 0.2) is 6.23 Å². The zero-order valence-corrected chi connectivity index (χ0v) is 34.0. The first-order valence-electron chi connectivity index (χ1n) is 19.3. The summed E-state index contributed by atoms with van der Waals surface area (Å²) in [6, 6.07) is 0. The Hall–Kier alpha value is -1.76. The van der Waals surface area contributed by atoms with Gasteiger partial charge in [-0.25, -0.2) is 4.57 Å². The molecular formula is C34H65N4O17P. The van der Waals surface area contributed by atoms with Gasteiger partial charge in [0, 0.05) is 52.6 Å². The molecule has 2 heterocycles. The van der Waals surface area contributed by atoms with Crippen LogP contribution in [0.15, 0.2) is 0 Å². The standard InChI is InChI=1S/C34H65N4O17P/c1-4-13-46-17-19-50-21-22-51-20-18-49-16-9-32(41)37-11-5-6-29(39)7-14-47-24-26-53-38-33(36-52-25-23-48-15-8-31(40)35-10-12-37)28(2)55-30(34(38)42)27-54-56(43,44)45-3/h28,30,33-34,36,42H,4-27H2,1-3H3,(H,35,40)(H,43,44). The summed E-state index contributed by atoms with van der Waals surface area (Å²) in [6.45, 7) is 8.15. The first-order chi connectivity index (χ1) is 27.1. The van der Waals surface area contributed by atoms with E-state index in [0.29, 0.717) is 52.6 Å². The molecule has 22 heteroatoms. The Kier molecular flexibility index (Phi) is 28.1. The highest BCUT2D eigenvalue weighted by molar-refractivity contribution is 7.47. The number of aliphatic hydroxyl groups is 1. The van der Waals surface area contributed by atoms with E-state index in [0.717, 1.165) is 20.1 Å². The average molecular weight is 833 g/mol. The number of fused-ring (bicyclic) bond motifs is 1. The van der Waals surface area contributed by atoms with Crippen molar-refractivity contribution in [2.45, 2.75) is 77.0 Å². The Morgan fingerprint density at radius 2 is 1.52 bits per heavy atom. The van der Waals surface area contributed by atoms with Gasteiger partial charge in [0.1, 0.15) is 18.1 Å². The molecule has 56 heavy (non-hydrogen) atoms. The summed E-state index contributed by atoms with van der Waals surface area (Å²) in [6.07, 6.45) is -2.06. The van der Waals surface area contributed by atoms with Crippen molar-refractivity contribution in [3.8, 4) is 0 Å². The van der Waals surface area contributed by atoms with Crippen molar-refractivity contribution < 1.29 is 80.8 Å². The van der Waals surface area contributed by atoms with Crippen LogP contribution < -0.4 is 10.8 Å². The molecule has 2 rings (SSSR count). The number of hydroxylamine groups is 3. The van der Waals surface area contributed by atoms with Gasteiger partial charge in [0.2, 0.25) is 11.8 Å². The maximum absolute atomic E-state index is 13.1. The largest absolute Gasteiger partial charge is 0.472 e. The van der Waals surface area contributed by atoms with Crippen LogP contribution >= 0.6 is 7.82 Å². The second kappa shape index (κ2) is 31.2. The molecule has 0 saturated carbocycles. The molecule has 0 spiro atoms. The summed E-state index contributed by atoms with van der Waals surface area (Å²) < 4.78 is 59.9. The number of morpholine rings is 1. The second-order valence-corrected chi connectivity index (χ2v) is 14.2. The molecule has 21 nitrogen and oxygen atoms in total. The molecule has 0 radical (unpaired) electrons. The van der Waals surface area contributed by atoms with Crippen LogP contribution in [0.4, 0.5) is 0 Å². The van der Waals surface area contributed by atoms with Crippen molar-refractivity contribution in [1.29, 1.82) is 0 Å². The first kappa shape index (κ1) is 50.4. The van der Waals surface area contributed by atoms with Gasteiger partial charge < -0.3 is 53.4 Å². The zero-order chi connectivity index (χ0) is 40.9. The van der Waals surface area contributed by atoms with E-state index < -0.39 is 39.0 Å². The number of phosphoric ester groups is 1. The lowest BCUT2D eigenvalue weighted by Gasteiger charge is -2.45. The van der Waals surface area contributed by atoms with E-state index in [1.807, 2.05) is 6.92 Å². The minimum atomic E-state index is -4.34. The number of carbonyl (C=O) groups excluding carboxylic acids is 3. The van der Waals surface area contributed by atoms with E-state index in [1.165, 1.54) is 5.06 Å². The molecule has 2 aliphatic rings. The number of nitrogens with one attached hydrogen (secondary N) is 2. The molecule has 0 aromatic rings. The summed E-state index contributed by atoms with van der Waals surface area (Å²) >= 11 is 0. The Bertz CT molecular complexity index is 1120.